The van der Waals surface area contributed by atoms with Crippen molar-refractivity contribution in [2.45, 2.75) is 20.0 Å². The summed E-state index contributed by atoms with van der Waals surface area (Å²) in [5.74, 6) is 1.83. The summed E-state index contributed by atoms with van der Waals surface area (Å²) in [6, 6.07) is 2.00. The average molecular weight is 259 g/mol. The van der Waals surface area contributed by atoms with Gasteiger partial charge in [0.25, 0.3) is 0 Å². The normalized spacial score (nSPS) is 19.7. The molecule has 1 aliphatic rings. The second-order valence-electron chi connectivity index (χ2n) is 4.77. The summed E-state index contributed by atoms with van der Waals surface area (Å²) in [5, 5.41) is 0. The Morgan fingerprint density at radius 2 is 2.21 bits per heavy atom. The Kier molecular flexibility index (Phi) is 3.16. The lowest BCUT2D eigenvalue weighted by Gasteiger charge is -2.32. The fourth-order valence-electron chi connectivity index (χ4n) is 2.23. The van der Waals surface area contributed by atoms with Crippen molar-refractivity contribution in [2.24, 2.45) is 0 Å². The quantitative estimate of drug-likeness (QED) is 0.883. The molecular weight excluding hydrogens is 242 g/mol. The standard InChI is InChI=1S/C13H17N5O/c1-9-5-12(16-8-15-9)18-3-4-19-11(7-18)13-14-6-10(2)17-13/h5-6,8,11H,3-4,7H2,1-2H3,(H,14,17)/t11-/m1/s1. The molecular formula is C13H17N5O. The second kappa shape index (κ2) is 4.97. The van der Waals surface area contributed by atoms with Gasteiger partial charge in [0.2, 0.25) is 0 Å². The van der Waals surface area contributed by atoms with E-state index in [9.17, 15) is 0 Å². The van der Waals surface area contributed by atoms with Crippen LogP contribution in [0.25, 0.3) is 0 Å². The number of morpholine rings is 1. The van der Waals surface area contributed by atoms with E-state index in [0.29, 0.717) is 6.61 Å². The fourth-order valence-corrected chi connectivity index (χ4v) is 2.23. The van der Waals surface area contributed by atoms with Crippen LogP contribution in [-0.2, 0) is 4.74 Å². The first-order chi connectivity index (χ1) is 9.22. The van der Waals surface area contributed by atoms with Gasteiger partial charge in [-0.2, -0.15) is 0 Å². The van der Waals surface area contributed by atoms with E-state index in [2.05, 4.69) is 24.8 Å². The van der Waals surface area contributed by atoms with Crippen LogP contribution in [0.5, 0.6) is 0 Å². The summed E-state index contributed by atoms with van der Waals surface area (Å²) in [5.41, 5.74) is 2.02. The lowest BCUT2D eigenvalue weighted by Crippen LogP contribution is -2.39. The molecule has 3 heterocycles. The molecule has 1 N–H and O–H groups in total. The molecule has 0 bridgehead atoms. The Labute approximate surface area is 111 Å². The molecule has 0 aromatic carbocycles. The molecule has 19 heavy (non-hydrogen) atoms. The molecule has 2 aromatic rings. The van der Waals surface area contributed by atoms with Crippen LogP contribution in [0.1, 0.15) is 23.3 Å². The zero-order chi connectivity index (χ0) is 13.2. The summed E-state index contributed by atoms with van der Waals surface area (Å²) >= 11 is 0. The van der Waals surface area contributed by atoms with Crippen molar-refractivity contribution in [3.63, 3.8) is 0 Å². The topological polar surface area (TPSA) is 66.9 Å². The van der Waals surface area contributed by atoms with Crippen molar-refractivity contribution in [1.82, 2.24) is 19.9 Å². The van der Waals surface area contributed by atoms with Crippen LogP contribution in [0, 0.1) is 13.8 Å². The van der Waals surface area contributed by atoms with E-state index in [1.54, 1.807) is 6.33 Å². The number of nitrogens with zero attached hydrogens (tertiary/aromatic N) is 4. The summed E-state index contributed by atoms with van der Waals surface area (Å²) in [4.78, 5) is 18.2. The highest BCUT2D eigenvalue weighted by molar-refractivity contribution is 5.39. The van der Waals surface area contributed by atoms with Crippen LogP contribution in [0.4, 0.5) is 5.82 Å². The molecule has 1 atom stereocenters. The summed E-state index contributed by atoms with van der Waals surface area (Å²) in [7, 11) is 0. The largest absolute Gasteiger partial charge is 0.367 e. The maximum atomic E-state index is 5.78. The molecule has 1 fully saturated rings. The van der Waals surface area contributed by atoms with Crippen LogP contribution in [-0.4, -0.2) is 39.6 Å². The number of imidazole rings is 1. The minimum atomic E-state index is -0.0299. The first-order valence-electron chi connectivity index (χ1n) is 6.39. The van der Waals surface area contributed by atoms with Crippen molar-refractivity contribution in [3.05, 3.63) is 35.8 Å². The number of hydrogen-bond donors (Lipinski definition) is 1. The van der Waals surface area contributed by atoms with Gasteiger partial charge in [0, 0.05) is 30.2 Å². The van der Waals surface area contributed by atoms with Crippen LogP contribution in [0.15, 0.2) is 18.6 Å². The van der Waals surface area contributed by atoms with E-state index in [1.807, 2.05) is 26.1 Å². The third-order valence-electron chi connectivity index (χ3n) is 3.21. The number of ether oxygens (including phenoxy) is 1. The zero-order valence-electron chi connectivity index (χ0n) is 11.1. The van der Waals surface area contributed by atoms with E-state index in [-0.39, 0.29) is 6.10 Å². The molecule has 0 spiro atoms. The second-order valence-corrected chi connectivity index (χ2v) is 4.77. The van der Waals surface area contributed by atoms with Gasteiger partial charge >= 0.3 is 0 Å². The predicted molar refractivity (Wildman–Crippen MR) is 71.0 cm³/mol. The highest BCUT2D eigenvalue weighted by atomic mass is 16.5. The van der Waals surface area contributed by atoms with Crippen molar-refractivity contribution in [2.75, 3.05) is 24.6 Å². The molecule has 3 rings (SSSR count). The van der Waals surface area contributed by atoms with Gasteiger partial charge in [-0.25, -0.2) is 15.0 Å². The Morgan fingerprint density at radius 3 is 2.95 bits per heavy atom. The predicted octanol–water partition coefficient (Wildman–Crippen LogP) is 1.39. The number of anilines is 1. The third kappa shape index (κ3) is 2.58. The Bertz CT molecular complexity index is 568. The van der Waals surface area contributed by atoms with Gasteiger partial charge in [-0.15, -0.1) is 0 Å². The molecule has 100 valence electrons. The molecule has 6 heteroatoms. The van der Waals surface area contributed by atoms with Crippen LogP contribution in [0.3, 0.4) is 0 Å². The summed E-state index contributed by atoms with van der Waals surface area (Å²) in [6.07, 6.45) is 3.40. The minimum Gasteiger partial charge on any atom is -0.367 e. The third-order valence-corrected chi connectivity index (χ3v) is 3.21. The molecule has 0 aliphatic carbocycles. The molecule has 1 aliphatic heterocycles. The van der Waals surface area contributed by atoms with E-state index < -0.39 is 0 Å². The number of H-pyrrole nitrogens is 1. The maximum Gasteiger partial charge on any atom is 0.137 e. The van der Waals surface area contributed by atoms with Crippen molar-refractivity contribution in [1.29, 1.82) is 0 Å². The Balaban J connectivity index is 1.78. The molecule has 0 amide bonds. The van der Waals surface area contributed by atoms with Crippen LogP contribution < -0.4 is 4.90 Å². The van der Waals surface area contributed by atoms with E-state index in [4.69, 9.17) is 4.74 Å². The van der Waals surface area contributed by atoms with Gasteiger partial charge in [0.05, 0.1) is 13.2 Å². The molecule has 0 radical (unpaired) electrons. The number of nitrogens with one attached hydrogen (secondary N) is 1. The monoisotopic (exact) mass is 259 g/mol. The minimum absolute atomic E-state index is 0.0299. The Morgan fingerprint density at radius 1 is 1.32 bits per heavy atom. The highest BCUT2D eigenvalue weighted by Crippen LogP contribution is 2.23. The molecule has 0 unspecified atom stereocenters. The van der Waals surface area contributed by atoms with Gasteiger partial charge in [0.1, 0.15) is 24.1 Å². The van der Waals surface area contributed by atoms with Crippen molar-refractivity contribution in [3.8, 4) is 0 Å². The number of aromatic amines is 1. The van der Waals surface area contributed by atoms with E-state index >= 15 is 0 Å². The molecule has 2 aromatic heterocycles. The molecule has 0 saturated carbocycles. The number of rotatable bonds is 2. The van der Waals surface area contributed by atoms with Gasteiger partial charge in [0.15, 0.2) is 0 Å². The Hall–Kier alpha value is -1.95. The van der Waals surface area contributed by atoms with Crippen molar-refractivity contribution < 1.29 is 4.74 Å². The zero-order valence-corrected chi connectivity index (χ0v) is 11.1. The highest BCUT2D eigenvalue weighted by Gasteiger charge is 2.24. The summed E-state index contributed by atoms with van der Waals surface area (Å²) in [6.45, 7) is 6.23. The fraction of sp³-hybridized carbons (Fsp3) is 0.462. The number of hydrogen-bond acceptors (Lipinski definition) is 5. The maximum absolute atomic E-state index is 5.78. The van der Waals surface area contributed by atoms with Gasteiger partial charge < -0.3 is 14.6 Å². The lowest BCUT2D eigenvalue weighted by atomic mass is 10.2. The number of aryl methyl sites for hydroxylation is 2. The first-order valence-corrected chi connectivity index (χ1v) is 6.39. The molecule has 6 nitrogen and oxygen atoms in total. The van der Waals surface area contributed by atoms with Crippen LogP contribution >= 0.6 is 0 Å². The SMILES string of the molecule is Cc1cc(N2CCO[C@@H](c3ncc(C)[nH]3)C2)ncn1. The lowest BCUT2D eigenvalue weighted by molar-refractivity contribution is 0.0342. The van der Waals surface area contributed by atoms with E-state index in [0.717, 1.165) is 36.1 Å². The number of aromatic nitrogens is 4. The molecule has 1 saturated heterocycles. The summed E-state index contributed by atoms with van der Waals surface area (Å²) < 4.78 is 5.78. The van der Waals surface area contributed by atoms with Gasteiger partial charge in [-0.3, -0.25) is 0 Å². The van der Waals surface area contributed by atoms with Gasteiger partial charge in [-0.1, -0.05) is 0 Å². The first kappa shape index (κ1) is 12.1. The van der Waals surface area contributed by atoms with Crippen LogP contribution in [0.2, 0.25) is 0 Å². The van der Waals surface area contributed by atoms with Gasteiger partial charge in [-0.05, 0) is 13.8 Å². The smallest absolute Gasteiger partial charge is 0.137 e. The van der Waals surface area contributed by atoms with E-state index in [1.165, 1.54) is 0 Å². The average Bonchev–Trinajstić information content (AvgIpc) is 2.86. The van der Waals surface area contributed by atoms with Crippen molar-refractivity contribution >= 4 is 5.82 Å².